The fourth-order valence-corrected chi connectivity index (χ4v) is 4.37. The summed E-state index contributed by atoms with van der Waals surface area (Å²) in [5.41, 5.74) is 7.73. The van der Waals surface area contributed by atoms with Crippen LogP contribution in [0.4, 0.5) is 5.69 Å². The number of carbonyl (C=O) groups excluding carboxylic acids is 1. The van der Waals surface area contributed by atoms with Crippen molar-refractivity contribution in [2.24, 2.45) is 0 Å². The standard InChI is InChI=1S/C22H21N3O/c1-12-3-4-13(2)18(9-12)25-22(26)16-7-8-17-19(11-16)24-21-15-6-5-14(10-15)20(21)23-17/h3-4,7-9,11,14-15H,5-6,10H2,1-2H3,(H,25,26). The van der Waals surface area contributed by atoms with Crippen molar-refractivity contribution >= 4 is 22.6 Å². The number of nitrogens with zero attached hydrogens (tertiary/aromatic N) is 2. The molecule has 2 bridgehead atoms. The Labute approximate surface area is 152 Å². The maximum absolute atomic E-state index is 12.7. The van der Waals surface area contributed by atoms with Crippen LogP contribution >= 0.6 is 0 Å². The first-order valence-corrected chi connectivity index (χ1v) is 9.28. The Morgan fingerprint density at radius 2 is 1.69 bits per heavy atom. The number of amides is 1. The Balaban J connectivity index is 1.49. The summed E-state index contributed by atoms with van der Waals surface area (Å²) in [4.78, 5) is 22.5. The molecule has 130 valence electrons. The molecule has 1 heterocycles. The monoisotopic (exact) mass is 343 g/mol. The zero-order valence-corrected chi connectivity index (χ0v) is 15.0. The summed E-state index contributed by atoms with van der Waals surface area (Å²) < 4.78 is 0. The van der Waals surface area contributed by atoms with Crippen LogP contribution in [0.3, 0.4) is 0 Å². The highest BCUT2D eigenvalue weighted by atomic mass is 16.1. The molecule has 5 rings (SSSR count). The Kier molecular flexibility index (Phi) is 3.36. The average molecular weight is 343 g/mol. The van der Waals surface area contributed by atoms with E-state index in [2.05, 4.69) is 5.32 Å². The van der Waals surface area contributed by atoms with E-state index in [0.717, 1.165) is 27.8 Å². The van der Waals surface area contributed by atoms with Gasteiger partial charge in [-0.3, -0.25) is 4.79 Å². The highest BCUT2D eigenvalue weighted by Crippen LogP contribution is 2.51. The van der Waals surface area contributed by atoms with Gasteiger partial charge in [0.15, 0.2) is 0 Å². The minimum Gasteiger partial charge on any atom is -0.322 e. The first-order chi connectivity index (χ1) is 12.6. The molecule has 2 aliphatic rings. The number of hydrogen-bond donors (Lipinski definition) is 1. The molecule has 1 N–H and O–H groups in total. The lowest BCUT2D eigenvalue weighted by Crippen LogP contribution is -2.13. The minimum atomic E-state index is -0.107. The van der Waals surface area contributed by atoms with E-state index in [0.29, 0.717) is 17.4 Å². The molecule has 1 saturated carbocycles. The predicted molar refractivity (Wildman–Crippen MR) is 103 cm³/mol. The molecule has 26 heavy (non-hydrogen) atoms. The third-order valence-electron chi connectivity index (χ3n) is 5.83. The van der Waals surface area contributed by atoms with Gasteiger partial charge in [-0.25, -0.2) is 9.97 Å². The van der Waals surface area contributed by atoms with Gasteiger partial charge >= 0.3 is 0 Å². The van der Waals surface area contributed by atoms with Gasteiger partial charge in [0.2, 0.25) is 0 Å². The van der Waals surface area contributed by atoms with Gasteiger partial charge in [0.05, 0.1) is 22.4 Å². The van der Waals surface area contributed by atoms with E-state index in [-0.39, 0.29) is 5.91 Å². The first kappa shape index (κ1) is 15.5. The van der Waals surface area contributed by atoms with Crippen LogP contribution in [0, 0.1) is 13.8 Å². The molecule has 1 aromatic heterocycles. The van der Waals surface area contributed by atoms with Crippen molar-refractivity contribution in [2.75, 3.05) is 5.32 Å². The lowest BCUT2D eigenvalue weighted by molar-refractivity contribution is 0.102. The van der Waals surface area contributed by atoms with Crippen LogP contribution in [0.2, 0.25) is 0 Å². The zero-order chi connectivity index (χ0) is 17.8. The maximum Gasteiger partial charge on any atom is 0.255 e. The number of carbonyl (C=O) groups is 1. The van der Waals surface area contributed by atoms with Crippen molar-refractivity contribution in [3.63, 3.8) is 0 Å². The predicted octanol–water partition coefficient (Wildman–Crippen LogP) is 4.86. The van der Waals surface area contributed by atoms with Crippen LogP contribution in [-0.2, 0) is 0 Å². The van der Waals surface area contributed by atoms with Gasteiger partial charge in [-0.1, -0.05) is 12.1 Å². The molecule has 1 amide bonds. The SMILES string of the molecule is Cc1ccc(C)c(NC(=O)c2ccc3nc4c(nc3c2)C2CCC4C2)c1. The van der Waals surface area contributed by atoms with E-state index in [4.69, 9.17) is 9.97 Å². The van der Waals surface area contributed by atoms with Gasteiger partial charge in [-0.15, -0.1) is 0 Å². The van der Waals surface area contributed by atoms with Crippen LogP contribution in [0.25, 0.3) is 11.0 Å². The smallest absolute Gasteiger partial charge is 0.255 e. The highest BCUT2D eigenvalue weighted by Gasteiger charge is 2.39. The molecule has 2 unspecified atom stereocenters. The van der Waals surface area contributed by atoms with Crippen molar-refractivity contribution in [3.8, 4) is 0 Å². The second-order valence-electron chi connectivity index (χ2n) is 7.68. The molecular formula is C22H21N3O. The number of fused-ring (bicyclic) bond motifs is 6. The number of rotatable bonds is 2. The minimum absolute atomic E-state index is 0.107. The molecule has 4 nitrogen and oxygen atoms in total. The highest BCUT2D eigenvalue weighted by molar-refractivity contribution is 6.06. The topological polar surface area (TPSA) is 54.9 Å². The van der Waals surface area contributed by atoms with Gasteiger partial charge in [0.1, 0.15) is 0 Å². The molecular weight excluding hydrogens is 322 g/mol. The molecule has 0 aliphatic heterocycles. The summed E-state index contributed by atoms with van der Waals surface area (Å²) in [7, 11) is 0. The van der Waals surface area contributed by atoms with Crippen LogP contribution in [0.5, 0.6) is 0 Å². The van der Waals surface area contributed by atoms with Crippen molar-refractivity contribution in [1.82, 2.24) is 9.97 Å². The summed E-state index contributed by atoms with van der Waals surface area (Å²) in [6.45, 7) is 4.02. The number of anilines is 1. The van der Waals surface area contributed by atoms with Crippen LogP contribution in [-0.4, -0.2) is 15.9 Å². The lowest BCUT2D eigenvalue weighted by atomic mass is 10.00. The van der Waals surface area contributed by atoms with Crippen LogP contribution in [0.1, 0.15) is 64.0 Å². The van der Waals surface area contributed by atoms with E-state index in [1.807, 2.05) is 50.2 Å². The first-order valence-electron chi connectivity index (χ1n) is 9.28. The summed E-state index contributed by atoms with van der Waals surface area (Å²) >= 11 is 0. The molecule has 0 saturated heterocycles. The summed E-state index contributed by atoms with van der Waals surface area (Å²) in [6, 6.07) is 11.7. The van der Waals surface area contributed by atoms with Gasteiger partial charge in [0.25, 0.3) is 5.91 Å². The Morgan fingerprint density at radius 1 is 0.962 bits per heavy atom. The fourth-order valence-electron chi connectivity index (χ4n) is 4.37. The Hall–Kier alpha value is -2.75. The average Bonchev–Trinajstić information content (AvgIpc) is 3.25. The molecule has 3 aromatic rings. The van der Waals surface area contributed by atoms with E-state index in [9.17, 15) is 4.79 Å². The molecule has 2 aromatic carbocycles. The lowest BCUT2D eigenvalue weighted by Gasteiger charge is -2.14. The number of benzene rings is 2. The molecule has 0 radical (unpaired) electrons. The summed E-state index contributed by atoms with van der Waals surface area (Å²) in [5.74, 6) is 1.06. The number of hydrogen-bond acceptors (Lipinski definition) is 3. The molecule has 4 heteroatoms. The normalized spacial score (nSPS) is 20.4. The largest absolute Gasteiger partial charge is 0.322 e. The number of aryl methyl sites for hydroxylation is 2. The van der Waals surface area contributed by atoms with Crippen molar-refractivity contribution in [2.45, 2.75) is 44.9 Å². The van der Waals surface area contributed by atoms with Crippen LogP contribution < -0.4 is 5.32 Å². The van der Waals surface area contributed by atoms with Crippen LogP contribution in [0.15, 0.2) is 36.4 Å². The van der Waals surface area contributed by atoms with E-state index in [1.165, 1.54) is 30.7 Å². The second kappa shape index (κ2) is 5.63. The quantitative estimate of drug-likeness (QED) is 0.722. The van der Waals surface area contributed by atoms with E-state index < -0.39 is 0 Å². The van der Waals surface area contributed by atoms with Crippen molar-refractivity contribution in [1.29, 1.82) is 0 Å². The fraction of sp³-hybridized carbons (Fsp3) is 0.318. The summed E-state index contributed by atoms with van der Waals surface area (Å²) in [5, 5.41) is 3.02. The van der Waals surface area contributed by atoms with Gasteiger partial charge in [-0.05, 0) is 68.5 Å². The number of aromatic nitrogens is 2. The maximum atomic E-state index is 12.7. The van der Waals surface area contributed by atoms with Gasteiger partial charge < -0.3 is 5.32 Å². The molecule has 2 atom stereocenters. The third kappa shape index (κ3) is 2.40. The van der Waals surface area contributed by atoms with Crippen molar-refractivity contribution < 1.29 is 4.79 Å². The third-order valence-corrected chi connectivity index (χ3v) is 5.83. The molecule has 2 aliphatic carbocycles. The Bertz CT molecular complexity index is 1060. The number of nitrogens with one attached hydrogen (secondary N) is 1. The Morgan fingerprint density at radius 3 is 2.46 bits per heavy atom. The zero-order valence-electron chi connectivity index (χ0n) is 15.0. The van der Waals surface area contributed by atoms with Gasteiger partial charge in [0, 0.05) is 23.1 Å². The van der Waals surface area contributed by atoms with Gasteiger partial charge in [-0.2, -0.15) is 0 Å². The van der Waals surface area contributed by atoms with E-state index in [1.54, 1.807) is 0 Å². The molecule has 0 spiro atoms. The molecule has 1 fully saturated rings. The van der Waals surface area contributed by atoms with Crippen molar-refractivity contribution in [3.05, 3.63) is 64.5 Å². The second-order valence-corrected chi connectivity index (χ2v) is 7.68. The summed E-state index contributed by atoms with van der Waals surface area (Å²) in [6.07, 6.45) is 3.67. The van der Waals surface area contributed by atoms with E-state index >= 15 is 0 Å².